The number of fused-ring (bicyclic) bond motifs is 1. The number of thioether (sulfide) groups is 1. The van der Waals surface area contributed by atoms with Crippen molar-refractivity contribution in [3.63, 3.8) is 0 Å². The molecule has 0 atom stereocenters. The highest BCUT2D eigenvalue weighted by Crippen LogP contribution is 2.19. The molecule has 2 aromatic heterocycles. The number of ketones is 1. The quantitative estimate of drug-likeness (QED) is 0.765. The first-order chi connectivity index (χ1) is 12.1. The third-order valence-corrected chi connectivity index (χ3v) is 4.73. The smallest absolute Gasteiger partial charge is 0.348 e. The van der Waals surface area contributed by atoms with Crippen molar-refractivity contribution in [3.8, 4) is 0 Å². The third kappa shape index (κ3) is 3.82. The fourth-order valence-corrected chi connectivity index (χ4v) is 3.27. The number of rotatable bonds is 5. The Morgan fingerprint density at radius 3 is 2.96 bits per heavy atom. The SMILES string of the molecule is CCSCn1c(=O)c(C(=O)OC2=CC(=O)CCC2)cc2cccnc21. The minimum absolute atomic E-state index is 0.0453. The van der Waals surface area contributed by atoms with Crippen LogP contribution in [-0.4, -0.2) is 27.1 Å². The molecule has 0 aromatic carbocycles. The Morgan fingerprint density at radius 2 is 2.20 bits per heavy atom. The summed E-state index contributed by atoms with van der Waals surface area (Å²) in [7, 11) is 0. The van der Waals surface area contributed by atoms with Gasteiger partial charge in [-0.15, -0.1) is 11.8 Å². The van der Waals surface area contributed by atoms with Gasteiger partial charge < -0.3 is 4.74 Å². The van der Waals surface area contributed by atoms with E-state index in [9.17, 15) is 14.4 Å². The maximum atomic E-state index is 12.8. The Labute approximate surface area is 148 Å². The topological polar surface area (TPSA) is 78.3 Å². The lowest BCUT2D eigenvalue weighted by atomic mass is 10.1. The lowest BCUT2D eigenvalue weighted by Crippen LogP contribution is -2.28. The molecule has 0 spiro atoms. The molecule has 130 valence electrons. The molecule has 6 nitrogen and oxygen atoms in total. The van der Waals surface area contributed by atoms with E-state index in [2.05, 4.69) is 4.98 Å². The molecule has 0 saturated heterocycles. The summed E-state index contributed by atoms with van der Waals surface area (Å²) in [5, 5.41) is 0.694. The van der Waals surface area contributed by atoms with Gasteiger partial charge in [-0.1, -0.05) is 6.92 Å². The third-order valence-electron chi connectivity index (χ3n) is 3.88. The number of nitrogens with zero attached hydrogens (tertiary/aromatic N) is 2. The van der Waals surface area contributed by atoms with Gasteiger partial charge in [-0.3, -0.25) is 14.2 Å². The van der Waals surface area contributed by atoms with Crippen molar-refractivity contribution in [2.24, 2.45) is 0 Å². The van der Waals surface area contributed by atoms with Crippen LogP contribution in [0, 0.1) is 0 Å². The second-order valence-electron chi connectivity index (χ2n) is 5.65. The van der Waals surface area contributed by atoms with Gasteiger partial charge in [0.1, 0.15) is 17.0 Å². The fourth-order valence-electron chi connectivity index (χ4n) is 2.67. The fraction of sp³-hybridized carbons (Fsp3) is 0.333. The van der Waals surface area contributed by atoms with Gasteiger partial charge in [0.25, 0.3) is 5.56 Å². The second-order valence-corrected chi connectivity index (χ2v) is 6.89. The van der Waals surface area contributed by atoms with E-state index in [0.717, 1.165) is 5.75 Å². The first-order valence-electron chi connectivity index (χ1n) is 8.12. The average Bonchev–Trinajstić information content (AvgIpc) is 2.60. The Balaban J connectivity index is 2.00. The summed E-state index contributed by atoms with van der Waals surface area (Å²) in [5.74, 6) is 0.775. The van der Waals surface area contributed by atoms with Gasteiger partial charge in [-0.05, 0) is 30.4 Å². The normalized spacial score (nSPS) is 14.4. The highest BCUT2D eigenvalue weighted by molar-refractivity contribution is 7.98. The Bertz CT molecular complexity index is 917. The molecular weight excluding hydrogens is 340 g/mol. The van der Waals surface area contributed by atoms with Crippen molar-refractivity contribution in [3.05, 3.63) is 52.1 Å². The van der Waals surface area contributed by atoms with Crippen LogP contribution in [-0.2, 0) is 15.4 Å². The molecule has 0 N–H and O–H groups in total. The average molecular weight is 358 g/mol. The molecule has 0 radical (unpaired) electrons. The summed E-state index contributed by atoms with van der Waals surface area (Å²) in [6.07, 6.45) is 4.59. The lowest BCUT2D eigenvalue weighted by molar-refractivity contribution is -0.115. The first kappa shape index (κ1) is 17.4. The first-order valence-corrected chi connectivity index (χ1v) is 9.27. The molecule has 0 fully saturated rings. The maximum absolute atomic E-state index is 12.8. The highest BCUT2D eigenvalue weighted by Gasteiger charge is 2.20. The standard InChI is InChI=1S/C18H18N2O4S/c1-2-25-11-20-16-12(5-4-8-19-16)9-15(17(20)22)18(23)24-14-7-3-6-13(21)10-14/h4-5,8-10H,2-3,6-7,11H2,1H3. The van der Waals surface area contributed by atoms with Crippen LogP contribution in [0.3, 0.4) is 0 Å². The molecule has 0 bridgehead atoms. The molecular formula is C18H18N2O4S. The van der Waals surface area contributed by atoms with E-state index in [1.807, 2.05) is 6.92 Å². The number of allylic oxidation sites excluding steroid dienone is 2. The van der Waals surface area contributed by atoms with Gasteiger partial charge in [-0.25, -0.2) is 9.78 Å². The Morgan fingerprint density at radius 1 is 1.36 bits per heavy atom. The van der Waals surface area contributed by atoms with Crippen LogP contribution >= 0.6 is 11.8 Å². The summed E-state index contributed by atoms with van der Waals surface area (Å²) >= 11 is 1.56. The molecule has 1 aliphatic carbocycles. The van der Waals surface area contributed by atoms with Crippen molar-refractivity contribution in [1.82, 2.24) is 9.55 Å². The van der Waals surface area contributed by atoms with E-state index in [1.165, 1.54) is 16.7 Å². The number of pyridine rings is 2. The van der Waals surface area contributed by atoms with Crippen molar-refractivity contribution in [2.45, 2.75) is 32.1 Å². The molecule has 2 aromatic rings. The number of ether oxygens (including phenoxy) is 1. The molecule has 0 unspecified atom stereocenters. The Hall–Kier alpha value is -2.41. The van der Waals surface area contributed by atoms with E-state index >= 15 is 0 Å². The molecule has 0 amide bonds. The summed E-state index contributed by atoms with van der Waals surface area (Å²) in [6.45, 7) is 2.00. The molecule has 25 heavy (non-hydrogen) atoms. The van der Waals surface area contributed by atoms with Gasteiger partial charge in [0.2, 0.25) is 0 Å². The zero-order valence-corrected chi connectivity index (χ0v) is 14.7. The Kier molecular flexibility index (Phi) is 5.33. The zero-order chi connectivity index (χ0) is 17.8. The van der Waals surface area contributed by atoms with Crippen LogP contribution in [0.2, 0.25) is 0 Å². The maximum Gasteiger partial charge on any atom is 0.348 e. The number of carbonyl (C=O) groups excluding carboxylic acids is 2. The molecule has 7 heteroatoms. The van der Waals surface area contributed by atoms with E-state index in [1.54, 1.807) is 30.1 Å². The van der Waals surface area contributed by atoms with Gasteiger partial charge in [0, 0.05) is 30.5 Å². The number of aromatic nitrogens is 2. The van der Waals surface area contributed by atoms with Gasteiger partial charge in [-0.2, -0.15) is 0 Å². The van der Waals surface area contributed by atoms with Gasteiger partial charge in [0.15, 0.2) is 5.78 Å². The summed E-state index contributed by atoms with van der Waals surface area (Å²) < 4.78 is 6.78. The predicted octanol–water partition coefficient (Wildman–Crippen LogP) is 2.90. The van der Waals surface area contributed by atoms with Gasteiger partial charge in [0.05, 0.1) is 5.88 Å². The monoisotopic (exact) mass is 358 g/mol. The van der Waals surface area contributed by atoms with Crippen LogP contribution in [0.4, 0.5) is 0 Å². The highest BCUT2D eigenvalue weighted by atomic mass is 32.2. The van der Waals surface area contributed by atoms with Gasteiger partial charge >= 0.3 is 5.97 Å². The van der Waals surface area contributed by atoms with E-state index in [-0.39, 0.29) is 11.3 Å². The summed E-state index contributed by atoms with van der Waals surface area (Å²) in [4.78, 5) is 41.0. The minimum Gasteiger partial charge on any atom is -0.427 e. The van der Waals surface area contributed by atoms with Crippen molar-refractivity contribution < 1.29 is 14.3 Å². The van der Waals surface area contributed by atoms with E-state index in [0.29, 0.717) is 41.9 Å². The van der Waals surface area contributed by atoms with Crippen LogP contribution in [0.25, 0.3) is 11.0 Å². The van der Waals surface area contributed by atoms with Crippen molar-refractivity contribution in [1.29, 1.82) is 0 Å². The zero-order valence-electron chi connectivity index (χ0n) is 13.9. The largest absolute Gasteiger partial charge is 0.427 e. The van der Waals surface area contributed by atoms with E-state index in [4.69, 9.17) is 4.74 Å². The van der Waals surface area contributed by atoms with Crippen LogP contribution in [0.15, 0.2) is 41.0 Å². The number of hydrogen-bond acceptors (Lipinski definition) is 6. The molecule has 0 aliphatic heterocycles. The lowest BCUT2D eigenvalue weighted by Gasteiger charge is -2.14. The van der Waals surface area contributed by atoms with Crippen molar-refractivity contribution >= 4 is 34.5 Å². The molecule has 2 heterocycles. The summed E-state index contributed by atoms with van der Waals surface area (Å²) in [5.41, 5.74) is 0.0630. The van der Waals surface area contributed by atoms with Crippen LogP contribution in [0.5, 0.6) is 0 Å². The number of carbonyl (C=O) groups is 2. The predicted molar refractivity (Wildman–Crippen MR) is 96.5 cm³/mol. The molecule has 1 aliphatic rings. The summed E-state index contributed by atoms with van der Waals surface area (Å²) in [6, 6.07) is 5.06. The second kappa shape index (κ2) is 7.65. The molecule has 0 saturated carbocycles. The number of hydrogen-bond donors (Lipinski definition) is 0. The minimum atomic E-state index is -0.730. The van der Waals surface area contributed by atoms with Crippen molar-refractivity contribution in [2.75, 3.05) is 5.75 Å². The molecule has 3 rings (SSSR count). The van der Waals surface area contributed by atoms with Crippen LogP contribution < -0.4 is 5.56 Å². The van der Waals surface area contributed by atoms with E-state index < -0.39 is 11.5 Å². The number of esters is 1. The van der Waals surface area contributed by atoms with Crippen LogP contribution in [0.1, 0.15) is 36.5 Å².